The van der Waals surface area contributed by atoms with E-state index in [1.807, 2.05) is 24.3 Å². The zero-order valence-electron chi connectivity index (χ0n) is 13.3. The van der Waals surface area contributed by atoms with Gasteiger partial charge in [0.05, 0.1) is 12.7 Å². The lowest BCUT2D eigenvalue weighted by Crippen LogP contribution is -2.41. The number of esters is 1. The molecule has 0 atom stereocenters. The van der Waals surface area contributed by atoms with E-state index in [9.17, 15) is 4.79 Å². The smallest absolute Gasteiger partial charge is 0.337 e. The topological polar surface area (TPSA) is 41.6 Å². The first kappa shape index (κ1) is 16.0. The van der Waals surface area contributed by atoms with E-state index in [0.717, 1.165) is 13.1 Å². The minimum Gasteiger partial charge on any atom is -0.465 e. The predicted molar refractivity (Wildman–Crippen MR) is 84.3 cm³/mol. The van der Waals surface area contributed by atoms with Crippen LogP contribution < -0.4 is 5.32 Å². The van der Waals surface area contributed by atoms with Crippen molar-refractivity contribution in [3.05, 3.63) is 35.4 Å². The number of nitrogens with zero attached hydrogens (tertiary/aromatic N) is 1. The van der Waals surface area contributed by atoms with E-state index in [4.69, 9.17) is 4.74 Å². The van der Waals surface area contributed by atoms with Gasteiger partial charge in [-0.15, -0.1) is 0 Å². The average Bonchev–Trinajstić information content (AvgIpc) is 2.50. The third kappa shape index (κ3) is 4.55. The largest absolute Gasteiger partial charge is 0.465 e. The highest BCUT2D eigenvalue weighted by molar-refractivity contribution is 5.89. The quantitative estimate of drug-likeness (QED) is 0.845. The van der Waals surface area contributed by atoms with E-state index in [2.05, 4.69) is 24.2 Å². The number of benzene rings is 1. The Morgan fingerprint density at radius 1 is 1.29 bits per heavy atom. The molecule has 4 heteroatoms. The van der Waals surface area contributed by atoms with Crippen molar-refractivity contribution in [2.75, 3.05) is 33.8 Å². The van der Waals surface area contributed by atoms with E-state index in [-0.39, 0.29) is 5.97 Å². The molecule has 116 valence electrons. The molecule has 0 saturated carbocycles. The van der Waals surface area contributed by atoms with Gasteiger partial charge in [0.15, 0.2) is 0 Å². The van der Waals surface area contributed by atoms with Crippen LogP contribution in [-0.4, -0.2) is 44.7 Å². The summed E-state index contributed by atoms with van der Waals surface area (Å²) in [6.45, 7) is 6.62. The van der Waals surface area contributed by atoms with Crippen LogP contribution in [0.15, 0.2) is 24.3 Å². The minimum absolute atomic E-state index is 0.284. The van der Waals surface area contributed by atoms with Crippen LogP contribution in [-0.2, 0) is 11.3 Å². The van der Waals surface area contributed by atoms with Gasteiger partial charge in [0.2, 0.25) is 0 Å². The van der Waals surface area contributed by atoms with Gasteiger partial charge < -0.3 is 15.0 Å². The molecule has 1 N–H and O–H groups in total. The van der Waals surface area contributed by atoms with Gasteiger partial charge in [0.25, 0.3) is 0 Å². The fraction of sp³-hybridized carbons (Fsp3) is 0.588. The molecule has 1 aliphatic heterocycles. The summed E-state index contributed by atoms with van der Waals surface area (Å²) < 4.78 is 4.70. The fourth-order valence-electron chi connectivity index (χ4n) is 2.72. The van der Waals surface area contributed by atoms with Crippen LogP contribution in [0.5, 0.6) is 0 Å². The van der Waals surface area contributed by atoms with Crippen LogP contribution in [0.25, 0.3) is 0 Å². The normalized spacial score (nSPS) is 18.4. The highest BCUT2D eigenvalue weighted by atomic mass is 16.5. The second kappa shape index (κ2) is 7.05. The number of hydrogen-bond acceptors (Lipinski definition) is 4. The Morgan fingerprint density at radius 3 is 2.48 bits per heavy atom. The van der Waals surface area contributed by atoms with Gasteiger partial charge in [-0.2, -0.15) is 0 Å². The maximum absolute atomic E-state index is 11.4. The second-order valence-corrected chi connectivity index (χ2v) is 6.41. The summed E-state index contributed by atoms with van der Waals surface area (Å²) in [6.07, 6.45) is 2.50. The van der Waals surface area contributed by atoms with Gasteiger partial charge in [-0.1, -0.05) is 19.1 Å². The molecule has 1 saturated heterocycles. The lowest BCUT2D eigenvalue weighted by atomic mass is 9.80. The summed E-state index contributed by atoms with van der Waals surface area (Å²) in [5.74, 6) is -0.284. The van der Waals surface area contributed by atoms with Crippen LogP contribution in [0.4, 0.5) is 0 Å². The number of rotatable bonds is 5. The van der Waals surface area contributed by atoms with Gasteiger partial charge in [-0.3, -0.25) is 0 Å². The first-order valence-electron chi connectivity index (χ1n) is 7.59. The second-order valence-electron chi connectivity index (χ2n) is 6.41. The van der Waals surface area contributed by atoms with Gasteiger partial charge in [0, 0.05) is 13.1 Å². The van der Waals surface area contributed by atoms with Crippen molar-refractivity contribution in [1.82, 2.24) is 10.2 Å². The summed E-state index contributed by atoms with van der Waals surface area (Å²) in [6, 6.07) is 7.60. The average molecular weight is 290 g/mol. The molecule has 0 aromatic heterocycles. The van der Waals surface area contributed by atoms with Crippen molar-refractivity contribution < 1.29 is 9.53 Å². The van der Waals surface area contributed by atoms with Crippen molar-refractivity contribution in [3.63, 3.8) is 0 Å². The number of carbonyl (C=O) groups excluding carboxylic acids is 1. The Labute approximate surface area is 127 Å². The number of piperidine rings is 1. The summed E-state index contributed by atoms with van der Waals surface area (Å²) in [4.78, 5) is 13.8. The minimum atomic E-state index is -0.284. The SMILES string of the molecule is COC(=O)c1ccc(CNCC2(C)CCN(C)CC2)cc1. The van der Waals surface area contributed by atoms with E-state index < -0.39 is 0 Å². The molecule has 0 amide bonds. The summed E-state index contributed by atoms with van der Waals surface area (Å²) >= 11 is 0. The maximum atomic E-state index is 11.4. The molecule has 1 fully saturated rings. The van der Waals surface area contributed by atoms with E-state index in [1.54, 1.807) is 0 Å². The van der Waals surface area contributed by atoms with Crippen molar-refractivity contribution in [3.8, 4) is 0 Å². The van der Waals surface area contributed by atoms with Gasteiger partial charge >= 0.3 is 5.97 Å². The number of methoxy groups -OCH3 is 1. The van der Waals surface area contributed by atoms with Crippen LogP contribution in [0.2, 0.25) is 0 Å². The first-order chi connectivity index (χ1) is 10.0. The lowest BCUT2D eigenvalue weighted by molar-refractivity contribution is 0.0600. The summed E-state index contributed by atoms with van der Waals surface area (Å²) in [5.41, 5.74) is 2.20. The van der Waals surface area contributed by atoms with Crippen molar-refractivity contribution in [2.45, 2.75) is 26.3 Å². The Hall–Kier alpha value is -1.39. The number of ether oxygens (including phenoxy) is 1. The molecule has 0 aliphatic carbocycles. The Kier molecular flexibility index (Phi) is 5.37. The molecular formula is C17H26N2O2. The summed E-state index contributed by atoms with van der Waals surface area (Å²) in [7, 11) is 3.59. The van der Waals surface area contributed by atoms with Gasteiger partial charge in [-0.05, 0) is 56.1 Å². The van der Waals surface area contributed by atoms with Crippen LogP contribution in [0.1, 0.15) is 35.7 Å². The maximum Gasteiger partial charge on any atom is 0.337 e. The fourth-order valence-corrected chi connectivity index (χ4v) is 2.72. The zero-order valence-corrected chi connectivity index (χ0v) is 13.3. The molecule has 0 radical (unpaired) electrons. The molecule has 1 aromatic rings. The van der Waals surface area contributed by atoms with E-state index >= 15 is 0 Å². The molecule has 4 nitrogen and oxygen atoms in total. The van der Waals surface area contributed by atoms with Gasteiger partial charge in [0.1, 0.15) is 0 Å². The Balaban J connectivity index is 1.79. The highest BCUT2D eigenvalue weighted by Gasteiger charge is 2.28. The number of likely N-dealkylation sites (tertiary alicyclic amines) is 1. The molecular weight excluding hydrogens is 264 g/mol. The van der Waals surface area contributed by atoms with Crippen LogP contribution in [0.3, 0.4) is 0 Å². The summed E-state index contributed by atoms with van der Waals surface area (Å²) in [5, 5.41) is 3.55. The van der Waals surface area contributed by atoms with E-state index in [1.165, 1.54) is 38.6 Å². The van der Waals surface area contributed by atoms with Gasteiger partial charge in [-0.25, -0.2) is 4.79 Å². The molecule has 2 rings (SSSR count). The molecule has 0 unspecified atom stereocenters. The van der Waals surface area contributed by atoms with Crippen molar-refractivity contribution in [1.29, 1.82) is 0 Å². The molecule has 0 bridgehead atoms. The van der Waals surface area contributed by atoms with Crippen LogP contribution in [0, 0.1) is 5.41 Å². The standard InChI is InChI=1S/C17H26N2O2/c1-17(8-10-19(2)11-9-17)13-18-12-14-4-6-15(7-5-14)16(20)21-3/h4-7,18H,8-13H2,1-3H3. The predicted octanol–water partition coefficient (Wildman–Crippen LogP) is 2.29. The lowest BCUT2D eigenvalue weighted by Gasteiger charge is -2.38. The molecule has 0 spiro atoms. The number of nitrogens with one attached hydrogen (secondary N) is 1. The third-order valence-electron chi connectivity index (χ3n) is 4.45. The zero-order chi connectivity index (χ0) is 15.3. The third-order valence-corrected chi connectivity index (χ3v) is 4.45. The highest BCUT2D eigenvalue weighted by Crippen LogP contribution is 2.29. The molecule has 1 aliphatic rings. The Morgan fingerprint density at radius 2 is 1.90 bits per heavy atom. The van der Waals surface area contributed by atoms with Crippen molar-refractivity contribution in [2.24, 2.45) is 5.41 Å². The molecule has 1 heterocycles. The molecule has 1 aromatic carbocycles. The molecule has 21 heavy (non-hydrogen) atoms. The monoisotopic (exact) mass is 290 g/mol. The van der Waals surface area contributed by atoms with E-state index in [0.29, 0.717) is 11.0 Å². The Bertz CT molecular complexity index is 462. The van der Waals surface area contributed by atoms with Crippen LogP contribution >= 0.6 is 0 Å². The first-order valence-corrected chi connectivity index (χ1v) is 7.59. The van der Waals surface area contributed by atoms with Crippen molar-refractivity contribution >= 4 is 5.97 Å². The number of carbonyl (C=O) groups is 1. The number of hydrogen-bond donors (Lipinski definition) is 1.